The van der Waals surface area contributed by atoms with Gasteiger partial charge in [0, 0.05) is 18.7 Å². The van der Waals surface area contributed by atoms with Crippen LogP contribution in [0.2, 0.25) is 5.02 Å². The third-order valence-electron chi connectivity index (χ3n) is 3.23. The molecule has 7 heteroatoms. The van der Waals surface area contributed by atoms with E-state index in [4.69, 9.17) is 26.2 Å². The van der Waals surface area contributed by atoms with Gasteiger partial charge in [0.05, 0.1) is 25.2 Å². The van der Waals surface area contributed by atoms with Crippen LogP contribution in [0.25, 0.3) is 0 Å². The molecule has 0 aliphatic carbocycles. The Balaban J connectivity index is 3.12. The second kappa shape index (κ2) is 9.37. The van der Waals surface area contributed by atoms with Gasteiger partial charge in [-0.1, -0.05) is 25.4 Å². The Hall–Kier alpha value is -1.95. The minimum absolute atomic E-state index is 0.111. The van der Waals surface area contributed by atoms with Gasteiger partial charge in [0.2, 0.25) is 0 Å². The summed E-state index contributed by atoms with van der Waals surface area (Å²) in [7, 11) is 1.47. The summed E-state index contributed by atoms with van der Waals surface area (Å²) in [5.74, 6) is -0.260. The highest BCUT2D eigenvalue weighted by molar-refractivity contribution is 6.32. The van der Waals surface area contributed by atoms with E-state index < -0.39 is 5.97 Å². The van der Waals surface area contributed by atoms with E-state index in [1.807, 2.05) is 20.8 Å². The fourth-order valence-electron chi connectivity index (χ4n) is 2.26. The van der Waals surface area contributed by atoms with Crippen LogP contribution in [0.4, 0.5) is 0 Å². The number of carboxylic acids is 1. The molecule has 0 saturated carbocycles. The van der Waals surface area contributed by atoms with Gasteiger partial charge in [0.25, 0.3) is 5.91 Å². The normalized spacial score (nSPS) is 10.6. The number of halogens is 1. The van der Waals surface area contributed by atoms with Crippen molar-refractivity contribution in [2.24, 2.45) is 5.92 Å². The Morgan fingerprint density at radius 1 is 1.33 bits per heavy atom. The average Bonchev–Trinajstić information content (AvgIpc) is 2.52. The lowest BCUT2D eigenvalue weighted by Gasteiger charge is -2.24. The van der Waals surface area contributed by atoms with Gasteiger partial charge in [-0.3, -0.25) is 9.59 Å². The first-order valence-electron chi connectivity index (χ1n) is 7.81. The van der Waals surface area contributed by atoms with E-state index in [-0.39, 0.29) is 29.8 Å². The molecular weight excluding hydrogens is 334 g/mol. The van der Waals surface area contributed by atoms with Gasteiger partial charge in [-0.25, -0.2) is 0 Å². The third kappa shape index (κ3) is 5.60. The van der Waals surface area contributed by atoms with Crippen molar-refractivity contribution >= 4 is 23.5 Å². The molecule has 134 valence electrons. The maximum Gasteiger partial charge on any atom is 0.305 e. The number of ether oxygens (including phenoxy) is 2. The number of carboxylic acid groups (broad SMARTS) is 1. The third-order valence-corrected chi connectivity index (χ3v) is 3.51. The zero-order valence-corrected chi connectivity index (χ0v) is 15.2. The van der Waals surface area contributed by atoms with Crippen molar-refractivity contribution < 1.29 is 24.2 Å². The SMILES string of the molecule is CCOc1c(Cl)cc(C(=O)N(CCC(=O)O)CC(C)C)cc1OC. The highest BCUT2D eigenvalue weighted by Crippen LogP contribution is 2.36. The summed E-state index contributed by atoms with van der Waals surface area (Å²) >= 11 is 6.20. The Bertz CT molecular complexity index is 589. The van der Waals surface area contributed by atoms with Crippen molar-refractivity contribution in [3.8, 4) is 11.5 Å². The standard InChI is InChI=1S/C17H24ClNO5/c1-5-24-16-13(18)8-12(9-14(16)23-4)17(22)19(10-11(2)3)7-6-15(20)21/h8-9,11H,5-7,10H2,1-4H3,(H,20,21). The highest BCUT2D eigenvalue weighted by Gasteiger charge is 2.21. The molecule has 1 aromatic carbocycles. The fraction of sp³-hybridized carbons (Fsp3) is 0.529. The van der Waals surface area contributed by atoms with E-state index in [1.165, 1.54) is 18.1 Å². The summed E-state index contributed by atoms with van der Waals surface area (Å²) in [6, 6.07) is 3.08. The van der Waals surface area contributed by atoms with Crippen molar-refractivity contribution in [2.75, 3.05) is 26.8 Å². The molecule has 1 amide bonds. The number of hydrogen-bond acceptors (Lipinski definition) is 4. The van der Waals surface area contributed by atoms with Gasteiger partial charge >= 0.3 is 5.97 Å². The first-order chi connectivity index (χ1) is 11.3. The number of amides is 1. The predicted molar refractivity (Wildman–Crippen MR) is 92.2 cm³/mol. The smallest absolute Gasteiger partial charge is 0.305 e. The molecule has 0 unspecified atom stereocenters. The van der Waals surface area contributed by atoms with E-state index in [9.17, 15) is 9.59 Å². The first-order valence-corrected chi connectivity index (χ1v) is 8.19. The molecule has 0 spiro atoms. The van der Waals surface area contributed by atoms with Crippen molar-refractivity contribution in [3.63, 3.8) is 0 Å². The highest BCUT2D eigenvalue weighted by atomic mass is 35.5. The molecule has 1 aromatic rings. The van der Waals surface area contributed by atoms with Crippen molar-refractivity contribution in [2.45, 2.75) is 27.2 Å². The van der Waals surface area contributed by atoms with Crippen LogP contribution in [0.3, 0.4) is 0 Å². The summed E-state index contributed by atoms with van der Waals surface area (Å²) in [5.41, 5.74) is 0.339. The van der Waals surface area contributed by atoms with Crippen LogP contribution >= 0.6 is 11.6 Å². The largest absolute Gasteiger partial charge is 0.493 e. The van der Waals surface area contributed by atoms with Crippen LogP contribution in [-0.2, 0) is 4.79 Å². The molecule has 0 radical (unpaired) electrons. The maximum atomic E-state index is 12.8. The van der Waals surface area contributed by atoms with Gasteiger partial charge in [-0.05, 0) is 25.0 Å². The van der Waals surface area contributed by atoms with Gasteiger partial charge < -0.3 is 19.5 Å². The number of hydrogen-bond donors (Lipinski definition) is 1. The van der Waals surface area contributed by atoms with Crippen molar-refractivity contribution in [3.05, 3.63) is 22.7 Å². The molecule has 0 aromatic heterocycles. The van der Waals surface area contributed by atoms with Gasteiger partial charge in [-0.2, -0.15) is 0 Å². The summed E-state index contributed by atoms with van der Waals surface area (Å²) in [5, 5.41) is 9.15. The fourth-order valence-corrected chi connectivity index (χ4v) is 2.52. The van der Waals surface area contributed by atoms with Crippen molar-refractivity contribution in [1.82, 2.24) is 4.90 Å². The van der Waals surface area contributed by atoms with Gasteiger partial charge in [0.1, 0.15) is 0 Å². The zero-order valence-electron chi connectivity index (χ0n) is 14.5. The summed E-state index contributed by atoms with van der Waals surface area (Å²) < 4.78 is 10.7. The maximum absolute atomic E-state index is 12.8. The quantitative estimate of drug-likeness (QED) is 0.733. The average molecular weight is 358 g/mol. The number of methoxy groups -OCH3 is 1. The van der Waals surface area contributed by atoms with Crippen molar-refractivity contribution in [1.29, 1.82) is 0 Å². The monoisotopic (exact) mass is 357 g/mol. The lowest BCUT2D eigenvalue weighted by Crippen LogP contribution is -2.36. The molecule has 6 nitrogen and oxygen atoms in total. The minimum Gasteiger partial charge on any atom is -0.493 e. The molecule has 0 heterocycles. The number of carbonyl (C=O) groups is 2. The second-order valence-electron chi connectivity index (χ2n) is 5.71. The second-order valence-corrected chi connectivity index (χ2v) is 6.12. The topological polar surface area (TPSA) is 76.1 Å². The molecule has 0 bridgehead atoms. The number of rotatable bonds is 9. The van der Waals surface area contributed by atoms with Crippen LogP contribution < -0.4 is 9.47 Å². The Morgan fingerprint density at radius 3 is 2.50 bits per heavy atom. The van der Waals surface area contributed by atoms with E-state index in [2.05, 4.69) is 0 Å². The van der Waals surface area contributed by atoms with Crippen LogP contribution in [0.1, 0.15) is 37.6 Å². The number of carbonyl (C=O) groups excluding carboxylic acids is 1. The molecular formula is C17H24ClNO5. The lowest BCUT2D eigenvalue weighted by molar-refractivity contribution is -0.137. The molecule has 0 aliphatic heterocycles. The van der Waals surface area contributed by atoms with E-state index in [0.717, 1.165) is 0 Å². The van der Waals surface area contributed by atoms with Crippen LogP contribution in [0.15, 0.2) is 12.1 Å². The molecule has 0 saturated heterocycles. The van der Waals surface area contributed by atoms with Crippen LogP contribution in [-0.4, -0.2) is 48.7 Å². The van der Waals surface area contributed by atoms with Crippen LogP contribution in [0.5, 0.6) is 11.5 Å². The van der Waals surface area contributed by atoms with Crippen LogP contribution in [0, 0.1) is 5.92 Å². The molecule has 24 heavy (non-hydrogen) atoms. The molecule has 0 aliphatic rings. The molecule has 1 rings (SSSR count). The van der Waals surface area contributed by atoms with E-state index in [0.29, 0.717) is 30.2 Å². The van der Waals surface area contributed by atoms with E-state index in [1.54, 1.807) is 6.07 Å². The predicted octanol–water partition coefficient (Wildman–Crippen LogP) is 3.32. The van der Waals surface area contributed by atoms with E-state index >= 15 is 0 Å². The first kappa shape index (κ1) is 20.1. The zero-order chi connectivity index (χ0) is 18.3. The molecule has 0 fully saturated rings. The van der Waals surface area contributed by atoms with Gasteiger partial charge in [-0.15, -0.1) is 0 Å². The Morgan fingerprint density at radius 2 is 2.00 bits per heavy atom. The summed E-state index contributed by atoms with van der Waals surface area (Å²) in [6.07, 6.45) is -0.111. The summed E-state index contributed by atoms with van der Waals surface area (Å²) in [6.45, 7) is 6.77. The lowest BCUT2D eigenvalue weighted by atomic mass is 10.1. The minimum atomic E-state index is -0.945. The number of nitrogens with zero attached hydrogens (tertiary/aromatic N) is 1. The summed E-state index contributed by atoms with van der Waals surface area (Å²) in [4.78, 5) is 25.1. The molecule has 0 atom stereocenters. The Kier molecular flexibility index (Phi) is 7.85. The number of aliphatic carboxylic acids is 1. The number of benzene rings is 1. The molecule has 1 N–H and O–H groups in total. The van der Waals surface area contributed by atoms with Gasteiger partial charge in [0.15, 0.2) is 11.5 Å². The Labute approximate surface area is 147 Å².